The molecule has 0 fully saturated rings. The van der Waals surface area contributed by atoms with E-state index in [0.29, 0.717) is 11.7 Å². The fraction of sp³-hybridized carbons (Fsp3) is 0.409. The summed E-state index contributed by atoms with van der Waals surface area (Å²) in [7, 11) is 0. The van der Waals surface area contributed by atoms with Crippen LogP contribution in [0.15, 0.2) is 30.3 Å². The molecule has 0 aliphatic rings. The van der Waals surface area contributed by atoms with Gasteiger partial charge in [0.05, 0.1) is 6.04 Å². The van der Waals surface area contributed by atoms with E-state index in [9.17, 15) is 9.59 Å². The Morgan fingerprint density at radius 1 is 1.10 bits per heavy atom. The van der Waals surface area contributed by atoms with Crippen LogP contribution in [-0.4, -0.2) is 38.1 Å². The minimum Gasteiger partial charge on any atom is -0.450 e. The minimum absolute atomic E-state index is 0.127. The second-order valence-corrected chi connectivity index (χ2v) is 7.89. The fourth-order valence-electron chi connectivity index (χ4n) is 3.23. The molecular weight excluding hydrogens is 382 g/mol. The molecule has 8 heteroatoms. The van der Waals surface area contributed by atoms with Gasteiger partial charge in [0.15, 0.2) is 6.61 Å². The van der Waals surface area contributed by atoms with Gasteiger partial charge in [-0.1, -0.05) is 38.1 Å². The first-order chi connectivity index (χ1) is 14.2. The van der Waals surface area contributed by atoms with Gasteiger partial charge in [0, 0.05) is 11.4 Å². The van der Waals surface area contributed by atoms with E-state index in [1.54, 1.807) is 0 Å². The van der Waals surface area contributed by atoms with E-state index in [0.717, 1.165) is 23.4 Å². The van der Waals surface area contributed by atoms with Crippen LogP contribution in [0.2, 0.25) is 0 Å². The van der Waals surface area contributed by atoms with Gasteiger partial charge in [-0.05, 0) is 50.3 Å². The predicted octanol–water partition coefficient (Wildman–Crippen LogP) is 2.97. The summed E-state index contributed by atoms with van der Waals surface area (Å²) in [6.45, 7) is 9.52. The van der Waals surface area contributed by atoms with Crippen molar-refractivity contribution in [1.29, 1.82) is 0 Å². The summed E-state index contributed by atoms with van der Waals surface area (Å²) < 4.78 is 6.54. The molecule has 0 aliphatic carbocycles. The van der Waals surface area contributed by atoms with Gasteiger partial charge in [0.1, 0.15) is 0 Å². The normalized spacial score (nSPS) is 12.2. The molecule has 0 saturated carbocycles. The third kappa shape index (κ3) is 5.20. The maximum Gasteiger partial charge on any atom is 0.378 e. The second-order valence-electron chi connectivity index (χ2n) is 7.89. The molecule has 158 valence electrons. The van der Waals surface area contributed by atoms with Crippen LogP contribution in [0, 0.1) is 19.8 Å². The molecule has 3 aromatic rings. The standard InChI is InChI=1S/C22H27N5O3/c1-13(2)10-17-6-8-18(9-7-17)16(5)24-19(28)12-30-21(29)20-25-22-23-14(3)11-15(4)27(22)26-20/h6-9,11,13,16H,10,12H2,1-5H3,(H,24,28)/t16-/m0/s1. The minimum atomic E-state index is -0.765. The topological polar surface area (TPSA) is 98.5 Å². The zero-order valence-electron chi connectivity index (χ0n) is 18.0. The average molecular weight is 409 g/mol. The third-order valence-corrected chi connectivity index (χ3v) is 4.64. The molecule has 0 radical (unpaired) electrons. The van der Waals surface area contributed by atoms with Crippen molar-refractivity contribution in [2.75, 3.05) is 6.61 Å². The number of nitrogens with zero attached hydrogens (tertiary/aromatic N) is 4. The number of nitrogens with one attached hydrogen (secondary N) is 1. The van der Waals surface area contributed by atoms with Crippen LogP contribution in [0.5, 0.6) is 0 Å². The number of fused-ring (bicyclic) bond motifs is 1. The Labute approximate surface area is 175 Å². The number of esters is 1. The Balaban J connectivity index is 1.55. The summed E-state index contributed by atoms with van der Waals surface area (Å²) in [4.78, 5) is 32.7. The third-order valence-electron chi connectivity index (χ3n) is 4.64. The molecule has 2 aromatic heterocycles. The van der Waals surface area contributed by atoms with Crippen molar-refractivity contribution in [1.82, 2.24) is 24.9 Å². The second kappa shape index (κ2) is 9.02. The molecule has 1 aromatic carbocycles. The van der Waals surface area contributed by atoms with Gasteiger partial charge in [0.2, 0.25) is 0 Å². The number of aryl methyl sites for hydroxylation is 2. The lowest BCUT2D eigenvalue weighted by molar-refractivity contribution is -0.124. The lowest BCUT2D eigenvalue weighted by Gasteiger charge is -2.15. The van der Waals surface area contributed by atoms with Crippen LogP contribution >= 0.6 is 0 Å². The summed E-state index contributed by atoms with van der Waals surface area (Å²) in [6.07, 6.45) is 1.02. The van der Waals surface area contributed by atoms with Gasteiger partial charge in [-0.2, -0.15) is 4.98 Å². The van der Waals surface area contributed by atoms with E-state index in [1.807, 2.05) is 39.0 Å². The predicted molar refractivity (Wildman–Crippen MR) is 112 cm³/mol. The van der Waals surface area contributed by atoms with E-state index in [2.05, 4.69) is 46.4 Å². The zero-order chi connectivity index (χ0) is 21.8. The first-order valence-electron chi connectivity index (χ1n) is 9.99. The van der Waals surface area contributed by atoms with Crippen LogP contribution < -0.4 is 5.32 Å². The van der Waals surface area contributed by atoms with Crippen molar-refractivity contribution < 1.29 is 14.3 Å². The number of hydrogen-bond acceptors (Lipinski definition) is 6. The average Bonchev–Trinajstić information content (AvgIpc) is 3.10. The summed E-state index contributed by atoms with van der Waals surface area (Å²) in [5, 5.41) is 6.94. The van der Waals surface area contributed by atoms with Crippen molar-refractivity contribution >= 4 is 17.7 Å². The molecule has 0 spiro atoms. The summed E-state index contributed by atoms with van der Waals surface area (Å²) in [6, 6.07) is 9.79. The Hall–Kier alpha value is -3.29. The summed E-state index contributed by atoms with van der Waals surface area (Å²) >= 11 is 0. The zero-order valence-corrected chi connectivity index (χ0v) is 18.0. The SMILES string of the molecule is Cc1cc(C)n2nc(C(=O)OCC(=O)N[C@@H](C)c3ccc(CC(C)C)cc3)nc2n1. The molecule has 8 nitrogen and oxygen atoms in total. The van der Waals surface area contributed by atoms with Crippen LogP contribution in [0.25, 0.3) is 5.78 Å². The van der Waals surface area contributed by atoms with Gasteiger partial charge in [0.25, 0.3) is 17.5 Å². The Morgan fingerprint density at radius 3 is 2.47 bits per heavy atom. The molecule has 1 atom stereocenters. The monoisotopic (exact) mass is 409 g/mol. The maximum atomic E-state index is 12.2. The van der Waals surface area contributed by atoms with Gasteiger partial charge in [-0.3, -0.25) is 4.79 Å². The first-order valence-corrected chi connectivity index (χ1v) is 9.99. The number of hydrogen-bond donors (Lipinski definition) is 1. The molecule has 0 bridgehead atoms. The van der Waals surface area contributed by atoms with Crippen molar-refractivity contribution in [3.63, 3.8) is 0 Å². The van der Waals surface area contributed by atoms with Gasteiger partial charge in [-0.15, -0.1) is 5.10 Å². The Morgan fingerprint density at radius 2 is 1.80 bits per heavy atom. The fourth-order valence-corrected chi connectivity index (χ4v) is 3.23. The maximum absolute atomic E-state index is 12.2. The smallest absolute Gasteiger partial charge is 0.378 e. The Kier molecular flexibility index (Phi) is 6.44. The quantitative estimate of drug-likeness (QED) is 0.603. The molecule has 30 heavy (non-hydrogen) atoms. The number of carbonyl (C=O) groups excluding carboxylic acids is 2. The number of benzene rings is 1. The van der Waals surface area contributed by atoms with Gasteiger partial charge < -0.3 is 10.1 Å². The van der Waals surface area contributed by atoms with E-state index < -0.39 is 18.5 Å². The summed E-state index contributed by atoms with van der Waals surface area (Å²) in [5.41, 5.74) is 3.83. The van der Waals surface area contributed by atoms with E-state index in [4.69, 9.17) is 4.74 Å². The number of rotatable bonds is 7. The lowest BCUT2D eigenvalue weighted by atomic mass is 10.00. The van der Waals surface area contributed by atoms with E-state index >= 15 is 0 Å². The van der Waals surface area contributed by atoms with Crippen LogP contribution in [-0.2, 0) is 16.0 Å². The van der Waals surface area contributed by atoms with E-state index in [-0.39, 0.29) is 11.9 Å². The molecule has 0 saturated heterocycles. The van der Waals surface area contributed by atoms with Crippen molar-refractivity contribution in [2.24, 2.45) is 5.92 Å². The highest BCUT2D eigenvalue weighted by molar-refractivity contribution is 5.88. The van der Waals surface area contributed by atoms with Crippen LogP contribution in [0.3, 0.4) is 0 Å². The first kappa shape index (κ1) is 21.4. The van der Waals surface area contributed by atoms with Crippen molar-refractivity contribution in [2.45, 2.75) is 47.1 Å². The van der Waals surface area contributed by atoms with Gasteiger partial charge in [-0.25, -0.2) is 14.3 Å². The van der Waals surface area contributed by atoms with Crippen molar-refractivity contribution in [3.8, 4) is 0 Å². The molecule has 1 amide bonds. The highest BCUT2D eigenvalue weighted by atomic mass is 16.5. The number of carbonyl (C=O) groups is 2. The van der Waals surface area contributed by atoms with E-state index in [1.165, 1.54) is 10.1 Å². The van der Waals surface area contributed by atoms with Crippen molar-refractivity contribution in [3.05, 3.63) is 58.7 Å². The number of ether oxygens (including phenoxy) is 1. The highest BCUT2D eigenvalue weighted by Gasteiger charge is 2.18. The molecular formula is C22H27N5O3. The highest BCUT2D eigenvalue weighted by Crippen LogP contribution is 2.15. The van der Waals surface area contributed by atoms with Gasteiger partial charge >= 0.3 is 5.97 Å². The molecule has 2 heterocycles. The largest absolute Gasteiger partial charge is 0.450 e. The molecule has 0 unspecified atom stereocenters. The molecule has 1 N–H and O–H groups in total. The van der Waals surface area contributed by atoms with Crippen LogP contribution in [0.1, 0.15) is 59.9 Å². The Bertz CT molecular complexity index is 1060. The lowest BCUT2D eigenvalue weighted by Crippen LogP contribution is -2.31. The molecule has 3 rings (SSSR count). The molecule has 0 aliphatic heterocycles. The summed E-state index contributed by atoms with van der Waals surface area (Å²) in [5.74, 6) is -0.376. The number of aromatic nitrogens is 4. The number of amides is 1. The van der Waals surface area contributed by atoms with Crippen LogP contribution in [0.4, 0.5) is 0 Å².